The lowest BCUT2D eigenvalue weighted by molar-refractivity contribution is 0.0614. The number of rotatable bonds is 0. The summed E-state index contributed by atoms with van der Waals surface area (Å²) in [5, 5.41) is 0. The number of likely N-dealkylation sites (tertiary alicyclic amines) is 2. The maximum Gasteiger partial charge on any atom is 0.320 e. The Morgan fingerprint density at radius 3 is 1.58 bits per heavy atom. The summed E-state index contributed by atoms with van der Waals surface area (Å²) in [6, 6.07) is 0.256. The summed E-state index contributed by atoms with van der Waals surface area (Å²) < 4.78 is 0. The summed E-state index contributed by atoms with van der Waals surface area (Å²) >= 11 is 0. The van der Waals surface area contributed by atoms with Crippen LogP contribution in [0, 0.1) is 11.8 Å². The second-order valence-electron chi connectivity index (χ2n) is 4.30. The Hall–Kier alpha value is -0.730. The van der Waals surface area contributed by atoms with Crippen LogP contribution in [0.5, 0.6) is 0 Å². The van der Waals surface area contributed by atoms with Crippen LogP contribution in [0.25, 0.3) is 0 Å². The van der Waals surface area contributed by atoms with Crippen LogP contribution < -0.4 is 0 Å². The monoisotopic (exact) mass is 168 g/mol. The number of hydrogen-bond acceptors (Lipinski definition) is 1. The summed E-state index contributed by atoms with van der Waals surface area (Å²) in [6.45, 7) is 8.21. The number of amides is 2. The van der Waals surface area contributed by atoms with Gasteiger partial charge in [-0.15, -0.1) is 0 Å². The molecule has 2 rings (SSSR count). The van der Waals surface area contributed by atoms with Crippen molar-refractivity contribution < 1.29 is 4.79 Å². The van der Waals surface area contributed by atoms with Crippen molar-refractivity contribution >= 4 is 6.03 Å². The third kappa shape index (κ3) is 1.17. The van der Waals surface area contributed by atoms with Gasteiger partial charge in [-0.05, 0) is 11.8 Å². The minimum atomic E-state index is 0.256. The van der Waals surface area contributed by atoms with E-state index in [1.165, 1.54) is 0 Å². The fraction of sp³-hybridized carbons (Fsp3) is 0.889. The zero-order chi connectivity index (χ0) is 8.72. The van der Waals surface area contributed by atoms with Gasteiger partial charge in [-0.1, -0.05) is 13.8 Å². The summed E-state index contributed by atoms with van der Waals surface area (Å²) in [5.41, 5.74) is 0. The molecule has 0 aromatic carbocycles. The van der Waals surface area contributed by atoms with Crippen molar-refractivity contribution in [2.24, 2.45) is 11.8 Å². The highest BCUT2D eigenvalue weighted by atomic mass is 16.2. The second-order valence-corrected chi connectivity index (χ2v) is 4.30. The molecular formula is C9H16N2O. The van der Waals surface area contributed by atoms with Gasteiger partial charge in [-0.25, -0.2) is 4.79 Å². The SMILES string of the molecule is CC1CN(C(=O)N2CC(C)C2)C1. The average Bonchev–Trinajstić information content (AvgIpc) is 1.91. The van der Waals surface area contributed by atoms with Crippen molar-refractivity contribution in [3.8, 4) is 0 Å². The van der Waals surface area contributed by atoms with Crippen molar-refractivity contribution in [1.82, 2.24) is 9.80 Å². The fourth-order valence-corrected chi connectivity index (χ4v) is 1.91. The zero-order valence-corrected chi connectivity index (χ0v) is 7.79. The molecule has 3 heteroatoms. The van der Waals surface area contributed by atoms with Crippen molar-refractivity contribution in [3.05, 3.63) is 0 Å². The molecule has 0 bridgehead atoms. The van der Waals surface area contributed by atoms with E-state index in [2.05, 4.69) is 13.8 Å². The summed E-state index contributed by atoms with van der Waals surface area (Å²) in [7, 11) is 0. The lowest BCUT2D eigenvalue weighted by Crippen LogP contribution is -2.59. The highest BCUT2D eigenvalue weighted by Crippen LogP contribution is 2.21. The van der Waals surface area contributed by atoms with Gasteiger partial charge in [0, 0.05) is 26.2 Å². The van der Waals surface area contributed by atoms with E-state index in [-0.39, 0.29) is 6.03 Å². The maximum atomic E-state index is 11.6. The maximum absolute atomic E-state index is 11.6. The molecule has 0 N–H and O–H groups in total. The number of urea groups is 1. The molecule has 68 valence electrons. The molecule has 0 spiro atoms. The Labute approximate surface area is 73.3 Å². The van der Waals surface area contributed by atoms with Crippen molar-refractivity contribution in [3.63, 3.8) is 0 Å². The van der Waals surface area contributed by atoms with Crippen LogP contribution in [0.1, 0.15) is 13.8 Å². The van der Waals surface area contributed by atoms with Crippen LogP contribution in [0.3, 0.4) is 0 Å². The lowest BCUT2D eigenvalue weighted by atomic mass is 10.0. The predicted octanol–water partition coefficient (Wildman–Crippen LogP) is 1.01. The first-order chi connectivity index (χ1) is 5.66. The van der Waals surface area contributed by atoms with E-state index >= 15 is 0 Å². The van der Waals surface area contributed by atoms with Gasteiger partial charge in [0.05, 0.1) is 0 Å². The first-order valence-electron chi connectivity index (χ1n) is 4.70. The molecule has 2 heterocycles. The molecule has 2 fully saturated rings. The smallest absolute Gasteiger partial charge is 0.320 e. The van der Waals surface area contributed by atoms with Gasteiger partial charge in [0.15, 0.2) is 0 Å². The van der Waals surface area contributed by atoms with Crippen molar-refractivity contribution in [2.45, 2.75) is 13.8 Å². The highest BCUT2D eigenvalue weighted by molar-refractivity contribution is 5.76. The molecule has 0 radical (unpaired) electrons. The summed E-state index contributed by atoms with van der Waals surface area (Å²) in [5.74, 6) is 1.43. The van der Waals surface area contributed by atoms with Crippen molar-refractivity contribution in [1.29, 1.82) is 0 Å². The predicted molar refractivity (Wildman–Crippen MR) is 46.9 cm³/mol. The van der Waals surface area contributed by atoms with Crippen molar-refractivity contribution in [2.75, 3.05) is 26.2 Å². The minimum Gasteiger partial charge on any atom is -0.324 e. The number of hydrogen-bond donors (Lipinski definition) is 0. The molecular weight excluding hydrogens is 152 g/mol. The van der Waals surface area contributed by atoms with Crippen LogP contribution in [-0.2, 0) is 0 Å². The third-order valence-corrected chi connectivity index (χ3v) is 2.67. The van der Waals surface area contributed by atoms with E-state index in [0.717, 1.165) is 26.2 Å². The van der Waals surface area contributed by atoms with Gasteiger partial charge >= 0.3 is 6.03 Å². The van der Waals surface area contributed by atoms with E-state index in [4.69, 9.17) is 0 Å². The third-order valence-electron chi connectivity index (χ3n) is 2.67. The van der Waals surface area contributed by atoms with Crippen LogP contribution in [-0.4, -0.2) is 42.0 Å². The van der Waals surface area contributed by atoms with E-state index in [9.17, 15) is 4.79 Å². The molecule has 2 aliphatic heterocycles. The topological polar surface area (TPSA) is 23.6 Å². The Morgan fingerprint density at radius 2 is 1.33 bits per heavy atom. The molecule has 0 aromatic heterocycles. The summed E-state index contributed by atoms with van der Waals surface area (Å²) in [4.78, 5) is 15.4. The fourth-order valence-electron chi connectivity index (χ4n) is 1.91. The quantitative estimate of drug-likeness (QED) is 0.529. The Bertz CT molecular complexity index is 173. The van der Waals surface area contributed by atoms with Crippen LogP contribution >= 0.6 is 0 Å². The molecule has 0 aromatic rings. The lowest BCUT2D eigenvalue weighted by Gasteiger charge is -2.45. The van der Waals surface area contributed by atoms with Gasteiger partial charge in [-0.2, -0.15) is 0 Å². The minimum absolute atomic E-state index is 0.256. The average molecular weight is 168 g/mol. The Morgan fingerprint density at radius 1 is 1.00 bits per heavy atom. The van der Waals surface area contributed by atoms with E-state index in [1.54, 1.807) is 0 Å². The molecule has 0 aliphatic carbocycles. The molecule has 12 heavy (non-hydrogen) atoms. The first-order valence-corrected chi connectivity index (χ1v) is 4.70. The normalized spacial score (nSPS) is 25.2. The van der Waals surface area contributed by atoms with E-state index < -0.39 is 0 Å². The number of nitrogens with zero attached hydrogens (tertiary/aromatic N) is 2. The molecule has 2 saturated heterocycles. The van der Waals surface area contributed by atoms with Gasteiger partial charge in [0.2, 0.25) is 0 Å². The zero-order valence-electron chi connectivity index (χ0n) is 7.79. The molecule has 0 unspecified atom stereocenters. The molecule has 0 saturated carbocycles. The van der Waals surface area contributed by atoms with Crippen LogP contribution in [0.2, 0.25) is 0 Å². The standard InChI is InChI=1S/C9H16N2O/c1-7-3-10(4-7)9(12)11-5-8(2)6-11/h7-8H,3-6H2,1-2H3. The molecule has 2 amide bonds. The molecule has 2 aliphatic rings. The Kier molecular flexibility index (Phi) is 1.74. The second kappa shape index (κ2) is 2.64. The van der Waals surface area contributed by atoms with Gasteiger partial charge in [0.1, 0.15) is 0 Å². The van der Waals surface area contributed by atoms with Gasteiger partial charge in [-0.3, -0.25) is 0 Å². The number of carbonyl (C=O) groups excluding carboxylic acids is 1. The Balaban J connectivity index is 1.78. The highest BCUT2D eigenvalue weighted by Gasteiger charge is 2.35. The first kappa shape index (κ1) is 7.90. The number of carbonyl (C=O) groups is 1. The van der Waals surface area contributed by atoms with Crippen LogP contribution in [0.15, 0.2) is 0 Å². The molecule has 0 atom stereocenters. The van der Waals surface area contributed by atoms with E-state index in [1.807, 2.05) is 9.80 Å². The van der Waals surface area contributed by atoms with Gasteiger partial charge < -0.3 is 9.80 Å². The largest absolute Gasteiger partial charge is 0.324 e. The molecule has 3 nitrogen and oxygen atoms in total. The van der Waals surface area contributed by atoms with E-state index in [0.29, 0.717) is 11.8 Å². The van der Waals surface area contributed by atoms with Crippen LogP contribution in [0.4, 0.5) is 4.79 Å². The summed E-state index contributed by atoms with van der Waals surface area (Å²) in [6.07, 6.45) is 0. The van der Waals surface area contributed by atoms with Gasteiger partial charge in [0.25, 0.3) is 0 Å².